The third kappa shape index (κ3) is 3.34. The number of ketones is 2. The van der Waals surface area contributed by atoms with Crippen LogP contribution in [-0.2, 0) is 22.7 Å². The molecule has 184 valence electrons. The SMILES string of the molecule is O=C1C=C(N2C[C@@H]3C[C@H](C2)c2cccc(=O)n2C3)C(=O)C=C1N1C[C@@H]2C[C@H](C1)c1cccc(=O)n1C2. The first-order chi connectivity index (χ1) is 17.4. The minimum atomic E-state index is -0.123. The smallest absolute Gasteiger partial charge is 0.250 e. The molecule has 2 saturated heterocycles. The number of pyridine rings is 2. The van der Waals surface area contributed by atoms with Crippen LogP contribution >= 0.6 is 0 Å². The van der Waals surface area contributed by atoms with E-state index in [0.717, 1.165) is 24.2 Å². The number of hydrogen-bond acceptors (Lipinski definition) is 6. The van der Waals surface area contributed by atoms with Gasteiger partial charge in [0.05, 0.1) is 11.4 Å². The van der Waals surface area contributed by atoms with E-state index in [4.69, 9.17) is 0 Å². The van der Waals surface area contributed by atoms with Gasteiger partial charge in [-0.1, -0.05) is 12.1 Å². The van der Waals surface area contributed by atoms with Crippen LogP contribution in [0.5, 0.6) is 0 Å². The zero-order chi connectivity index (χ0) is 24.6. The Labute approximate surface area is 208 Å². The second-order valence-electron chi connectivity index (χ2n) is 11.0. The highest BCUT2D eigenvalue weighted by atomic mass is 16.1. The minimum Gasteiger partial charge on any atom is -0.367 e. The lowest BCUT2D eigenvalue weighted by molar-refractivity contribution is -0.117. The van der Waals surface area contributed by atoms with E-state index in [-0.39, 0.29) is 46.4 Å². The van der Waals surface area contributed by atoms with Gasteiger partial charge in [-0.3, -0.25) is 19.2 Å². The molecule has 0 radical (unpaired) electrons. The van der Waals surface area contributed by atoms with Crippen LogP contribution in [0, 0.1) is 11.8 Å². The van der Waals surface area contributed by atoms with Crippen LogP contribution in [0.2, 0.25) is 0 Å². The number of hydrogen-bond donors (Lipinski definition) is 0. The molecule has 1 aliphatic carbocycles. The largest absolute Gasteiger partial charge is 0.367 e. The number of rotatable bonds is 2. The van der Waals surface area contributed by atoms with E-state index in [1.165, 1.54) is 12.2 Å². The zero-order valence-electron chi connectivity index (χ0n) is 20.0. The predicted octanol–water partition coefficient (Wildman–Crippen LogP) is 1.47. The van der Waals surface area contributed by atoms with Crippen molar-refractivity contribution in [3.05, 3.63) is 92.0 Å². The number of allylic oxidation sites excluding steroid dienone is 2. The van der Waals surface area contributed by atoms with E-state index in [0.29, 0.717) is 50.7 Å². The standard InChI is InChI=1S/C28H28N4O4/c33-25-10-24(30-12-18-8-20(16-30)22-4-2-6-28(36)32(22)14-18)26(34)9-23(25)29-11-17-7-19(15-29)21-3-1-5-27(35)31(21)13-17/h1-6,9-10,17-20H,7-8,11-16H2/t17-,18-,19+,20+/m0/s1. The Morgan fingerprint density at radius 1 is 0.556 bits per heavy atom. The summed E-state index contributed by atoms with van der Waals surface area (Å²) < 4.78 is 3.74. The highest BCUT2D eigenvalue weighted by Crippen LogP contribution is 2.39. The molecule has 0 amide bonds. The molecule has 0 aromatic carbocycles. The summed E-state index contributed by atoms with van der Waals surface area (Å²) in [5.41, 5.74) is 3.05. The fourth-order valence-corrected chi connectivity index (χ4v) is 7.22. The van der Waals surface area contributed by atoms with E-state index in [2.05, 4.69) is 9.80 Å². The maximum Gasteiger partial charge on any atom is 0.250 e. The number of carbonyl (C=O) groups is 2. The summed E-state index contributed by atoms with van der Waals surface area (Å²) >= 11 is 0. The molecular weight excluding hydrogens is 456 g/mol. The quantitative estimate of drug-likeness (QED) is 0.601. The van der Waals surface area contributed by atoms with Gasteiger partial charge in [-0.25, -0.2) is 0 Å². The molecule has 4 aliphatic heterocycles. The average molecular weight is 485 g/mol. The van der Waals surface area contributed by atoms with Crippen LogP contribution in [0.4, 0.5) is 0 Å². The molecule has 4 atom stereocenters. The zero-order valence-corrected chi connectivity index (χ0v) is 20.0. The number of nitrogens with zero attached hydrogens (tertiary/aromatic N) is 4. The third-order valence-corrected chi connectivity index (χ3v) is 8.68. The molecule has 7 rings (SSSR count). The Morgan fingerprint density at radius 3 is 1.44 bits per heavy atom. The molecule has 8 nitrogen and oxygen atoms in total. The molecule has 0 N–H and O–H groups in total. The van der Waals surface area contributed by atoms with Gasteiger partial charge in [-0.15, -0.1) is 0 Å². The van der Waals surface area contributed by atoms with Crippen molar-refractivity contribution in [2.75, 3.05) is 26.2 Å². The molecular formula is C28H28N4O4. The minimum absolute atomic E-state index is 0.0326. The lowest BCUT2D eigenvalue weighted by Gasteiger charge is -2.45. The molecule has 2 fully saturated rings. The summed E-state index contributed by atoms with van der Waals surface area (Å²) in [5.74, 6) is 0.645. The van der Waals surface area contributed by atoms with E-state index < -0.39 is 0 Å². The van der Waals surface area contributed by atoms with Crippen molar-refractivity contribution in [1.29, 1.82) is 0 Å². The van der Waals surface area contributed by atoms with Gasteiger partial charge >= 0.3 is 0 Å². The second kappa shape index (κ2) is 7.91. The topological polar surface area (TPSA) is 84.6 Å². The lowest BCUT2D eigenvalue weighted by atomic mass is 9.82. The molecule has 2 aromatic heterocycles. The Balaban J connectivity index is 1.12. The summed E-state index contributed by atoms with van der Waals surface area (Å²) in [6, 6.07) is 10.8. The average Bonchev–Trinajstić information content (AvgIpc) is 2.86. The van der Waals surface area contributed by atoms with Crippen molar-refractivity contribution >= 4 is 11.6 Å². The number of fused-ring (bicyclic) bond motifs is 8. The van der Waals surface area contributed by atoms with Crippen molar-refractivity contribution in [2.24, 2.45) is 11.8 Å². The second-order valence-corrected chi connectivity index (χ2v) is 11.0. The lowest BCUT2D eigenvalue weighted by Crippen LogP contribution is -2.49. The maximum absolute atomic E-state index is 13.3. The number of aromatic nitrogens is 2. The van der Waals surface area contributed by atoms with Crippen LogP contribution in [0.25, 0.3) is 0 Å². The fourth-order valence-electron chi connectivity index (χ4n) is 7.22. The summed E-state index contributed by atoms with van der Waals surface area (Å²) in [7, 11) is 0. The molecule has 6 heterocycles. The third-order valence-electron chi connectivity index (χ3n) is 8.68. The van der Waals surface area contributed by atoms with Gasteiger partial charge in [0.15, 0.2) is 0 Å². The van der Waals surface area contributed by atoms with Crippen molar-refractivity contribution in [2.45, 2.75) is 37.8 Å². The van der Waals surface area contributed by atoms with E-state index in [1.54, 1.807) is 24.3 Å². The molecule has 4 bridgehead atoms. The molecule has 8 heteroatoms. The predicted molar refractivity (Wildman–Crippen MR) is 132 cm³/mol. The Morgan fingerprint density at radius 2 is 1.00 bits per heavy atom. The van der Waals surface area contributed by atoms with Crippen LogP contribution in [0.3, 0.4) is 0 Å². The van der Waals surface area contributed by atoms with Crippen LogP contribution < -0.4 is 11.1 Å². The number of likely N-dealkylation sites (tertiary alicyclic amines) is 2. The van der Waals surface area contributed by atoms with E-state index in [9.17, 15) is 19.2 Å². The van der Waals surface area contributed by atoms with Gasteiger partial charge in [0.2, 0.25) is 11.6 Å². The first-order valence-corrected chi connectivity index (χ1v) is 12.9. The van der Waals surface area contributed by atoms with Gasteiger partial charge in [-0.05, 0) is 36.8 Å². The van der Waals surface area contributed by atoms with Crippen molar-refractivity contribution < 1.29 is 9.59 Å². The first kappa shape index (κ1) is 21.6. The van der Waals surface area contributed by atoms with Crippen molar-refractivity contribution in [1.82, 2.24) is 18.9 Å². The van der Waals surface area contributed by atoms with Gasteiger partial charge in [0.1, 0.15) is 0 Å². The Hall–Kier alpha value is -3.68. The number of piperidine rings is 2. The van der Waals surface area contributed by atoms with Crippen LogP contribution in [0.15, 0.2) is 69.5 Å². The molecule has 0 unspecified atom stereocenters. The van der Waals surface area contributed by atoms with Gasteiger partial charge < -0.3 is 18.9 Å². The monoisotopic (exact) mass is 484 g/mol. The van der Waals surface area contributed by atoms with E-state index in [1.807, 2.05) is 21.3 Å². The Bertz CT molecular complexity index is 1370. The van der Waals surface area contributed by atoms with E-state index >= 15 is 0 Å². The van der Waals surface area contributed by atoms with Gasteiger partial charge in [0, 0.05) is 86.8 Å². The summed E-state index contributed by atoms with van der Waals surface area (Å²) in [6.45, 7) is 3.91. The highest BCUT2D eigenvalue weighted by Gasteiger charge is 2.40. The summed E-state index contributed by atoms with van der Waals surface area (Å²) in [6.07, 6.45) is 5.05. The number of carbonyl (C=O) groups excluding carboxylic acids is 2. The fraction of sp³-hybridized carbons (Fsp3) is 0.429. The molecule has 2 aromatic rings. The Kier molecular flexibility index (Phi) is 4.75. The highest BCUT2D eigenvalue weighted by molar-refractivity contribution is 6.19. The maximum atomic E-state index is 13.3. The summed E-state index contributed by atoms with van der Waals surface area (Å²) in [5, 5.41) is 0. The summed E-state index contributed by atoms with van der Waals surface area (Å²) in [4.78, 5) is 55.4. The molecule has 0 spiro atoms. The molecule has 36 heavy (non-hydrogen) atoms. The molecule has 5 aliphatic rings. The van der Waals surface area contributed by atoms with Gasteiger partial charge in [-0.2, -0.15) is 0 Å². The van der Waals surface area contributed by atoms with Crippen molar-refractivity contribution in [3.63, 3.8) is 0 Å². The normalized spacial score (nSPS) is 28.8. The van der Waals surface area contributed by atoms with Gasteiger partial charge in [0.25, 0.3) is 11.1 Å². The van der Waals surface area contributed by atoms with Crippen LogP contribution in [0.1, 0.15) is 36.1 Å². The van der Waals surface area contributed by atoms with Crippen LogP contribution in [-0.4, -0.2) is 56.7 Å². The van der Waals surface area contributed by atoms with Crippen molar-refractivity contribution in [3.8, 4) is 0 Å². The first-order valence-electron chi connectivity index (χ1n) is 12.9. The molecule has 0 saturated carbocycles.